The van der Waals surface area contributed by atoms with Gasteiger partial charge in [-0.2, -0.15) is 0 Å². The van der Waals surface area contributed by atoms with Gasteiger partial charge in [0.1, 0.15) is 6.29 Å². The summed E-state index contributed by atoms with van der Waals surface area (Å²) in [7, 11) is 0. The number of Topliss-reactive ketones (excluding diaryl/α,β-unsaturated/α-hetero) is 1. The molecule has 0 saturated heterocycles. The minimum absolute atomic E-state index is 0.0801. The average Bonchev–Trinajstić information content (AvgIpc) is 2.85. The summed E-state index contributed by atoms with van der Waals surface area (Å²) in [5.41, 5.74) is 3.53. The number of nitrogens with one attached hydrogen (secondary N) is 1. The molecule has 0 saturated carbocycles. The molecule has 1 aromatic rings. The van der Waals surface area contributed by atoms with Crippen molar-refractivity contribution in [1.29, 1.82) is 0 Å². The lowest BCUT2D eigenvalue weighted by Crippen LogP contribution is -2.49. The summed E-state index contributed by atoms with van der Waals surface area (Å²) >= 11 is 0. The number of rotatable bonds is 6. The third-order valence-corrected chi connectivity index (χ3v) is 2.45. The van der Waals surface area contributed by atoms with Crippen molar-refractivity contribution in [3.8, 4) is 0 Å². The van der Waals surface area contributed by atoms with Crippen LogP contribution in [0.5, 0.6) is 0 Å². The number of aromatic nitrogens is 1. The first-order chi connectivity index (χ1) is 8.13. The zero-order chi connectivity index (χ0) is 12.9. The van der Waals surface area contributed by atoms with Crippen LogP contribution in [-0.4, -0.2) is 36.2 Å². The topological polar surface area (TPSA) is 102 Å². The maximum absolute atomic E-state index is 11.9. The Hall–Kier alpha value is -1.95. The molecule has 1 heterocycles. The van der Waals surface area contributed by atoms with Gasteiger partial charge in [0, 0.05) is 18.0 Å². The zero-order valence-corrected chi connectivity index (χ0v) is 9.43. The molecule has 1 rings (SSSR count). The number of nitrogens with two attached hydrogens (primary N) is 1. The summed E-state index contributed by atoms with van der Waals surface area (Å²) < 4.78 is 4.78. The van der Waals surface area contributed by atoms with Crippen molar-refractivity contribution in [2.75, 3.05) is 13.2 Å². The molecule has 6 heteroatoms. The summed E-state index contributed by atoms with van der Waals surface area (Å²) in [5.74, 6) is -1.59. The fourth-order valence-corrected chi connectivity index (χ4v) is 1.55. The van der Waals surface area contributed by atoms with E-state index in [1.807, 2.05) is 0 Å². The number of carbonyl (C=O) groups is 3. The van der Waals surface area contributed by atoms with Crippen LogP contribution in [0, 0.1) is 0 Å². The summed E-state index contributed by atoms with van der Waals surface area (Å²) in [6.07, 6.45) is 3.19. The Morgan fingerprint density at radius 2 is 2.29 bits per heavy atom. The van der Waals surface area contributed by atoms with Gasteiger partial charge < -0.3 is 20.2 Å². The van der Waals surface area contributed by atoms with E-state index in [4.69, 9.17) is 10.5 Å². The number of carbonyl (C=O) groups excluding carboxylic acids is 3. The lowest BCUT2D eigenvalue weighted by Gasteiger charge is -2.22. The molecule has 17 heavy (non-hydrogen) atoms. The molecule has 1 atom stereocenters. The molecule has 0 aliphatic rings. The summed E-state index contributed by atoms with van der Waals surface area (Å²) in [6, 6.07) is 1.47. The van der Waals surface area contributed by atoms with Crippen molar-refractivity contribution in [1.82, 2.24) is 4.98 Å². The van der Waals surface area contributed by atoms with Crippen LogP contribution in [0.4, 0.5) is 0 Å². The predicted octanol–water partition coefficient (Wildman–Crippen LogP) is -0.458. The van der Waals surface area contributed by atoms with E-state index in [0.29, 0.717) is 0 Å². The van der Waals surface area contributed by atoms with Crippen LogP contribution in [0.3, 0.4) is 0 Å². The minimum atomic E-state index is -1.95. The van der Waals surface area contributed by atoms with Gasteiger partial charge in [0.25, 0.3) is 0 Å². The van der Waals surface area contributed by atoms with Crippen LogP contribution in [0.2, 0.25) is 0 Å². The Bertz CT molecular complexity index is 413. The normalized spacial score (nSPS) is 13.8. The highest BCUT2D eigenvalue weighted by molar-refractivity contribution is 6.22. The molecule has 0 fully saturated rings. The molecule has 0 aromatic carbocycles. The number of H-pyrrole nitrogens is 1. The van der Waals surface area contributed by atoms with Crippen LogP contribution < -0.4 is 5.73 Å². The van der Waals surface area contributed by atoms with Gasteiger partial charge in [-0.3, -0.25) is 9.59 Å². The minimum Gasteiger partial charge on any atom is -0.465 e. The number of hydrogen-bond acceptors (Lipinski definition) is 5. The number of aldehydes is 1. The molecule has 0 spiro atoms. The molecule has 6 nitrogen and oxygen atoms in total. The number of ketones is 1. The highest BCUT2D eigenvalue weighted by Crippen LogP contribution is 2.24. The van der Waals surface area contributed by atoms with Gasteiger partial charge in [-0.05, 0) is 13.0 Å². The molecule has 3 N–H and O–H groups in total. The number of esters is 1. The lowest BCUT2D eigenvalue weighted by molar-refractivity contribution is -0.155. The first kappa shape index (κ1) is 13.1. The van der Waals surface area contributed by atoms with Crippen LogP contribution in [0.15, 0.2) is 18.5 Å². The lowest BCUT2D eigenvalue weighted by atomic mass is 9.79. The van der Waals surface area contributed by atoms with Gasteiger partial charge in [0.15, 0.2) is 5.78 Å². The first-order valence-electron chi connectivity index (χ1n) is 5.13. The van der Waals surface area contributed by atoms with E-state index in [2.05, 4.69) is 4.98 Å². The monoisotopic (exact) mass is 238 g/mol. The third-order valence-electron chi connectivity index (χ3n) is 2.45. The van der Waals surface area contributed by atoms with Gasteiger partial charge in [-0.15, -0.1) is 0 Å². The van der Waals surface area contributed by atoms with Gasteiger partial charge in [-0.1, -0.05) is 0 Å². The molecule has 0 aliphatic carbocycles. The van der Waals surface area contributed by atoms with E-state index in [0.717, 1.165) is 0 Å². The number of aromatic amines is 1. The highest BCUT2D eigenvalue weighted by atomic mass is 16.5. The van der Waals surface area contributed by atoms with E-state index >= 15 is 0 Å². The van der Waals surface area contributed by atoms with E-state index in [-0.39, 0.29) is 18.5 Å². The van der Waals surface area contributed by atoms with Crippen LogP contribution >= 0.6 is 0 Å². The predicted molar refractivity (Wildman–Crippen MR) is 59.2 cm³/mol. The van der Waals surface area contributed by atoms with Crippen molar-refractivity contribution >= 4 is 18.0 Å². The van der Waals surface area contributed by atoms with Crippen molar-refractivity contribution < 1.29 is 19.1 Å². The van der Waals surface area contributed by atoms with Crippen LogP contribution in [0.25, 0.3) is 0 Å². The van der Waals surface area contributed by atoms with Gasteiger partial charge >= 0.3 is 5.97 Å². The Morgan fingerprint density at radius 3 is 2.71 bits per heavy atom. The van der Waals surface area contributed by atoms with E-state index in [1.165, 1.54) is 18.5 Å². The van der Waals surface area contributed by atoms with Crippen LogP contribution in [0.1, 0.15) is 12.5 Å². The second-order valence-electron chi connectivity index (χ2n) is 3.37. The first-order valence-corrected chi connectivity index (χ1v) is 5.13. The second-order valence-corrected chi connectivity index (χ2v) is 3.37. The van der Waals surface area contributed by atoms with Crippen molar-refractivity contribution in [2.24, 2.45) is 5.73 Å². The molecular weight excluding hydrogens is 224 g/mol. The van der Waals surface area contributed by atoms with Crippen LogP contribution in [-0.2, 0) is 24.5 Å². The molecule has 0 amide bonds. The molecule has 1 unspecified atom stereocenters. The van der Waals surface area contributed by atoms with Gasteiger partial charge in [0.05, 0.1) is 13.2 Å². The molecule has 0 aliphatic heterocycles. The van der Waals surface area contributed by atoms with E-state index < -0.39 is 23.7 Å². The summed E-state index contributed by atoms with van der Waals surface area (Å²) in [6.45, 7) is 1.26. The average molecular weight is 238 g/mol. The van der Waals surface area contributed by atoms with Crippen molar-refractivity contribution in [2.45, 2.75) is 12.3 Å². The Morgan fingerprint density at radius 1 is 1.59 bits per heavy atom. The quantitative estimate of drug-likeness (QED) is 0.396. The zero-order valence-electron chi connectivity index (χ0n) is 9.43. The molecular formula is C11H14N2O4. The van der Waals surface area contributed by atoms with E-state index in [9.17, 15) is 14.4 Å². The maximum atomic E-state index is 11.9. The Balaban J connectivity index is 3.29. The molecule has 0 radical (unpaired) electrons. The van der Waals surface area contributed by atoms with Crippen molar-refractivity contribution in [3.63, 3.8) is 0 Å². The fraction of sp³-hybridized carbons (Fsp3) is 0.364. The Kier molecular flexibility index (Phi) is 4.17. The molecule has 1 aromatic heterocycles. The third kappa shape index (κ3) is 2.12. The van der Waals surface area contributed by atoms with Crippen molar-refractivity contribution in [3.05, 3.63) is 24.0 Å². The summed E-state index contributed by atoms with van der Waals surface area (Å²) in [5, 5.41) is 0. The smallest absolute Gasteiger partial charge is 0.331 e. The Labute approximate surface area is 98.1 Å². The van der Waals surface area contributed by atoms with Gasteiger partial charge in [-0.25, -0.2) is 0 Å². The SMILES string of the molecule is CCOC(=O)C(C=O)(C(=O)CN)c1cc[nH]c1. The standard InChI is InChI=1S/C11H14N2O4/c1-2-17-10(16)11(7-14,9(15)5-12)8-3-4-13-6-8/h3-4,6-7,13H,2,5,12H2,1H3. The molecule has 0 bridgehead atoms. The van der Waals surface area contributed by atoms with Gasteiger partial charge in [0.2, 0.25) is 5.41 Å². The maximum Gasteiger partial charge on any atom is 0.331 e. The summed E-state index contributed by atoms with van der Waals surface area (Å²) in [4.78, 5) is 37.6. The molecule has 92 valence electrons. The highest BCUT2D eigenvalue weighted by Gasteiger charge is 2.48. The second kappa shape index (κ2) is 5.40. The largest absolute Gasteiger partial charge is 0.465 e. The number of ether oxygens (including phenoxy) is 1. The fourth-order valence-electron chi connectivity index (χ4n) is 1.55. The van der Waals surface area contributed by atoms with E-state index in [1.54, 1.807) is 6.92 Å². The number of hydrogen-bond donors (Lipinski definition) is 2.